The number of amides is 1. The monoisotopic (exact) mass is 476 g/mol. The zero-order valence-corrected chi connectivity index (χ0v) is 20.8. The predicted octanol–water partition coefficient (Wildman–Crippen LogP) is 4.37. The maximum atomic E-state index is 13.3. The van der Waals surface area contributed by atoms with Gasteiger partial charge in [-0.3, -0.25) is 14.5 Å². The molecule has 0 unspecified atom stereocenters. The maximum Gasteiger partial charge on any atom is 0.303 e. The molecule has 35 heavy (non-hydrogen) atoms. The molecule has 0 bridgehead atoms. The first-order chi connectivity index (χ1) is 16.8. The average Bonchev–Trinajstić information content (AvgIpc) is 3.67. The predicted molar refractivity (Wildman–Crippen MR) is 134 cm³/mol. The molecule has 1 saturated heterocycles. The first-order valence-electron chi connectivity index (χ1n) is 12.9. The lowest BCUT2D eigenvalue weighted by atomic mass is 9.55. The summed E-state index contributed by atoms with van der Waals surface area (Å²) in [6.07, 6.45) is 5.52. The van der Waals surface area contributed by atoms with Crippen LogP contribution in [0.25, 0.3) is 0 Å². The number of aromatic hydroxyl groups is 1. The van der Waals surface area contributed by atoms with Gasteiger partial charge < -0.3 is 14.7 Å². The number of ether oxygens (including phenoxy) is 1. The molecule has 2 aromatic carbocycles. The molecule has 1 amide bonds. The van der Waals surface area contributed by atoms with E-state index >= 15 is 0 Å². The smallest absolute Gasteiger partial charge is 0.303 e. The van der Waals surface area contributed by atoms with Crippen LogP contribution in [0.3, 0.4) is 0 Å². The molecule has 0 radical (unpaired) electrons. The molecule has 3 fully saturated rings. The van der Waals surface area contributed by atoms with Gasteiger partial charge in [0.05, 0.1) is 0 Å². The van der Waals surface area contributed by atoms with Crippen LogP contribution < -0.4 is 0 Å². The van der Waals surface area contributed by atoms with Crippen LogP contribution in [0.5, 0.6) is 5.75 Å². The normalized spacial score (nSPS) is 28.7. The number of phenols is 1. The second-order valence-electron chi connectivity index (χ2n) is 10.8. The Balaban J connectivity index is 1.52. The number of phenolic OH excluding ortho intramolecular Hbond substituents is 1. The zero-order chi connectivity index (χ0) is 24.6. The van der Waals surface area contributed by atoms with E-state index in [1.807, 2.05) is 54.4 Å². The standard InChI is InChI=1S/C29H36N2O4/c1-21(32)35-29-14-13-25(30(2)27(34)23-7-4-3-5-8-23)18-28(29,24-9-6-10-26(33)17-24)15-16-31(20-29)19-22-11-12-22/h3-10,17,22,25,33H,11-16,18-20H2,1-2H3/t25-,28-,29-/m0/s1. The van der Waals surface area contributed by atoms with Crippen molar-refractivity contribution < 1.29 is 19.4 Å². The first-order valence-corrected chi connectivity index (χ1v) is 12.9. The van der Waals surface area contributed by atoms with Crippen molar-refractivity contribution in [1.82, 2.24) is 9.80 Å². The Labute approximate surface area is 207 Å². The van der Waals surface area contributed by atoms with Gasteiger partial charge in [0.25, 0.3) is 5.91 Å². The summed E-state index contributed by atoms with van der Waals surface area (Å²) in [6.45, 7) is 4.16. The maximum absolute atomic E-state index is 13.3. The molecular formula is C29H36N2O4. The number of hydrogen-bond donors (Lipinski definition) is 1. The Morgan fingerprint density at radius 3 is 2.54 bits per heavy atom. The van der Waals surface area contributed by atoms with E-state index in [-0.39, 0.29) is 23.7 Å². The van der Waals surface area contributed by atoms with Crippen molar-refractivity contribution in [3.05, 3.63) is 65.7 Å². The van der Waals surface area contributed by atoms with Crippen LogP contribution in [0, 0.1) is 5.92 Å². The topological polar surface area (TPSA) is 70.1 Å². The van der Waals surface area contributed by atoms with E-state index in [9.17, 15) is 14.7 Å². The van der Waals surface area contributed by atoms with Crippen molar-refractivity contribution in [1.29, 1.82) is 0 Å². The van der Waals surface area contributed by atoms with Crippen molar-refractivity contribution >= 4 is 11.9 Å². The lowest BCUT2D eigenvalue weighted by Crippen LogP contribution is -2.68. The highest BCUT2D eigenvalue weighted by atomic mass is 16.6. The molecule has 3 aliphatic rings. The van der Waals surface area contributed by atoms with Crippen LogP contribution in [0.1, 0.15) is 61.4 Å². The highest BCUT2D eigenvalue weighted by molar-refractivity contribution is 5.94. The highest BCUT2D eigenvalue weighted by Gasteiger charge is 2.61. The summed E-state index contributed by atoms with van der Waals surface area (Å²) in [4.78, 5) is 30.2. The Morgan fingerprint density at radius 2 is 1.86 bits per heavy atom. The second kappa shape index (κ2) is 9.30. The molecule has 1 heterocycles. The second-order valence-corrected chi connectivity index (χ2v) is 10.8. The van der Waals surface area contributed by atoms with Gasteiger partial charge in [0.15, 0.2) is 0 Å². The van der Waals surface area contributed by atoms with E-state index in [4.69, 9.17) is 4.74 Å². The number of piperidine rings is 1. The van der Waals surface area contributed by atoms with Gasteiger partial charge in [-0.2, -0.15) is 0 Å². The molecule has 2 aromatic rings. The molecule has 0 spiro atoms. The van der Waals surface area contributed by atoms with Crippen LogP contribution >= 0.6 is 0 Å². The summed E-state index contributed by atoms with van der Waals surface area (Å²) < 4.78 is 6.32. The van der Waals surface area contributed by atoms with E-state index in [0.29, 0.717) is 24.9 Å². The van der Waals surface area contributed by atoms with Gasteiger partial charge in [0, 0.05) is 44.1 Å². The van der Waals surface area contributed by atoms with Crippen molar-refractivity contribution in [2.24, 2.45) is 5.92 Å². The molecule has 2 saturated carbocycles. The molecule has 186 valence electrons. The number of fused-ring (bicyclic) bond motifs is 1. The number of carbonyl (C=O) groups excluding carboxylic acids is 2. The van der Waals surface area contributed by atoms with Crippen LogP contribution in [0.15, 0.2) is 54.6 Å². The number of hydrogen-bond acceptors (Lipinski definition) is 5. The number of rotatable bonds is 6. The summed E-state index contributed by atoms with van der Waals surface area (Å²) in [6, 6.07) is 16.8. The molecule has 6 heteroatoms. The van der Waals surface area contributed by atoms with E-state index < -0.39 is 11.0 Å². The Kier molecular flexibility index (Phi) is 6.34. The summed E-state index contributed by atoms with van der Waals surface area (Å²) in [5, 5.41) is 10.4. The van der Waals surface area contributed by atoms with Gasteiger partial charge in [-0.1, -0.05) is 30.3 Å². The minimum atomic E-state index is -0.688. The lowest BCUT2D eigenvalue weighted by molar-refractivity contribution is -0.188. The van der Waals surface area contributed by atoms with Crippen LogP contribution in [-0.2, 0) is 14.9 Å². The fourth-order valence-corrected chi connectivity index (χ4v) is 6.57. The van der Waals surface area contributed by atoms with Crippen LogP contribution in [0.4, 0.5) is 0 Å². The summed E-state index contributed by atoms with van der Waals surface area (Å²) in [5.74, 6) is 0.705. The van der Waals surface area contributed by atoms with Gasteiger partial charge in [0.2, 0.25) is 0 Å². The number of likely N-dealkylation sites (tertiary alicyclic amines) is 1. The largest absolute Gasteiger partial charge is 0.508 e. The minimum absolute atomic E-state index is 0.00344. The molecule has 3 atom stereocenters. The molecule has 5 rings (SSSR count). The zero-order valence-electron chi connectivity index (χ0n) is 20.8. The third kappa shape index (κ3) is 4.56. The van der Waals surface area contributed by atoms with Gasteiger partial charge in [-0.15, -0.1) is 0 Å². The molecular weight excluding hydrogens is 440 g/mol. The van der Waals surface area contributed by atoms with Crippen molar-refractivity contribution in [3.8, 4) is 5.75 Å². The number of nitrogens with zero attached hydrogens (tertiary/aromatic N) is 2. The molecule has 1 aliphatic heterocycles. The quantitative estimate of drug-likeness (QED) is 0.627. The van der Waals surface area contributed by atoms with Gasteiger partial charge in [-0.25, -0.2) is 0 Å². The molecule has 0 aromatic heterocycles. The average molecular weight is 477 g/mol. The SMILES string of the molecule is CC(=O)O[C@]12CC[C@H](N(C)C(=O)c3ccccc3)C[C@]1(c1cccc(O)c1)CCN(CC1CC1)C2. The molecule has 2 aliphatic carbocycles. The van der Waals surface area contributed by atoms with E-state index in [1.54, 1.807) is 6.07 Å². The van der Waals surface area contributed by atoms with E-state index in [0.717, 1.165) is 37.4 Å². The molecule has 6 nitrogen and oxygen atoms in total. The van der Waals surface area contributed by atoms with Crippen molar-refractivity contribution in [3.63, 3.8) is 0 Å². The summed E-state index contributed by atoms with van der Waals surface area (Å²) >= 11 is 0. The lowest BCUT2D eigenvalue weighted by Gasteiger charge is -2.60. The number of carbonyl (C=O) groups is 2. The van der Waals surface area contributed by atoms with E-state index in [1.165, 1.54) is 19.8 Å². The van der Waals surface area contributed by atoms with Gasteiger partial charge in [0.1, 0.15) is 11.4 Å². The van der Waals surface area contributed by atoms with E-state index in [2.05, 4.69) is 11.0 Å². The Bertz CT molecular complexity index is 1090. The Hall–Kier alpha value is -2.86. The van der Waals surface area contributed by atoms with Crippen molar-refractivity contribution in [2.45, 2.75) is 62.5 Å². The fourth-order valence-electron chi connectivity index (χ4n) is 6.57. The first kappa shape index (κ1) is 23.9. The summed E-state index contributed by atoms with van der Waals surface area (Å²) in [7, 11) is 1.89. The van der Waals surface area contributed by atoms with Gasteiger partial charge in [-0.05, 0) is 80.8 Å². The van der Waals surface area contributed by atoms with Crippen LogP contribution in [-0.4, -0.2) is 65.1 Å². The number of benzene rings is 2. The molecule has 1 N–H and O–H groups in total. The third-order valence-corrected chi connectivity index (χ3v) is 8.51. The van der Waals surface area contributed by atoms with Gasteiger partial charge >= 0.3 is 5.97 Å². The number of esters is 1. The minimum Gasteiger partial charge on any atom is -0.508 e. The van der Waals surface area contributed by atoms with Crippen LogP contribution in [0.2, 0.25) is 0 Å². The Morgan fingerprint density at radius 1 is 1.09 bits per heavy atom. The summed E-state index contributed by atoms with van der Waals surface area (Å²) in [5.41, 5.74) is 0.506. The fraction of sp³-hybridized carbons (Fsp3) is 0.517. The highest BCUT2D eigenvalue weighted by Crippen LogP contribution is 2.55. The van der Waals surface area contributed by atoms with Crippen molar-refractivity contribution in [2.75, 3.05) is 26.7 Å². The third-order valence-electron chi connectivity index (χ3n) is 8.51.